The summed E-state index contributed by atoms with van der Waals surface area (Å²) >= 11 is 0. The Hall–Kier alpha value is -2.17. The predicted octanol–water partition coefficient (Wildman–Crippen LogP) is 3.80. The molecule has 14 nitrogen and oxygen atoms in total. The van der Waals surface area contributed by atoms with Crippen LogP contribution < -0.4 is 10.6 Å². The topological polar surface area (TPSA) is 169 Å². The molecule has 0 aromatic heterocycles. The van der Waals surface area contributed by atoms with Gasteiger partial charge in [0.1, 0.15) is 17.8 Å². The third-order valence-corrected chi connectivity index (χ3v) is 11.4. The van der Waals surface area contributed by atoms with Gasteiger partial charge in [-0.2, -0.15) is 0 Å². The van der Waals surface area contributed by atoms with E-state index in [-0.39, 0.29) is 36.9 Å². The number of carbonyl (C=O) groups excluding carboxylic acids is 3. The van der Waals surface area contributed by atoms with Crippen LogP contribution >= 0.6 is 0 Å². The summed E-state index contributed by atoms with van der Waals surface area (Å²) in [6.07, 6.45) is -3.58. The van der Waals surface area contributed by atoms with Gasteiger partial charge in [0, 0.05) is 51.5 Å². The molecule has 53 heavy (non-hydrogen) atoms. The number of methoxy groups -OCH3 is 2. The zero-order chi connectivity index (χ0) is 40.0. The molecule has 0 aromatic carbocycles. The number of likely N-dealkylation sites (N-methyl/N-ethyl adjacent to an activating group) is 1. The fourth-order valence-electron chi connectivity index (χ4n) is 8.25. The van der Waals surface area contributed by atoms with E-state index in [2.05, 4.69) is 10.6 Å². The minimum absolute atomic E-state index is 0.171. The largest absolute Gasteiger partial charge is 0.458 e. The molecule has 3 heterocycles. The van der Waals surface area contributed by atoms with E-state index in [1.807, 2.05) is 61.5 Å². The Bertz CT molecular complexity index is 1270. The van der Waals surface area contributed by atoms with Gasteiger partial charge in [-0.25, -0.2) is 0 Å². The fourth-order valence-corrected chi connectivity index (χ4v) is 8.25. The number of hydrogen-bond acceptors (Lipinski definition) is 13. The summed E-state index contributed by atoms with van der Waals surface area (Å²) in [6, 6.07) is -0.642. The molecule has 3 aliphatic rings. The molecule has 0 radical (unpaired) electrons. The van der Waals surface area contributed by atoms with Crippen molar-refractivity contribution < 1.29 is 57.4 Å². The zero-order valence-electron chi connectivity index (χ0n) is 34.4. The monoisotopic (exact) mass is 756 g/mol. The summed E-state index contributed by atoms with van der Waals surface area (Å²) in [5, 5.41) is 17.7. The van der Waals surface area contributed by atoms with Crippen LogP contribution in [0.1, 0.15) is 102 Å². The minimum Gasteiger partial charge on any atom is -0.458 e. The maximum atomic E-state index is 14.2. The average Bonchev–Trinajstić information content (AvgIpc) is 3.09. The van der Waals surface area contributed by atoms with Gasteiger partial charge >= 0.3 is 11.9 Å². The van der Waals surface area contributed by atoms with Crippen LogP contribution in [0, 0.1) is 17.8 Å². The molecule has 3 N–H and O–H groups in total. The molecule has 2 fully saturated rings. The standard InChI is InChI=1S/C39H68N2O12/c1-15-29-20(2)16-22(4)41-35(44)21(3)18-38(10,46-13)33(53-37-31(43)28(40-12)17-23(5)48-37)24(6)32(25(7)36(45)51-29)52-30-19-39(11,47-14)34(26(8)49-30)50-27(9)42/h16,21-26,28-34,37,40,43H,15,17-19H2,1-14H3,(H,41,44)/b20-16+/t21-,22-,23-,24+,25-,26+,28+,29-,30+,31-,32+,33-,34+,37+,38-,39-/m1/s1. The van der Waals surface area contributed by atoms with Crippen molar-refractivity contribution in [3.05, 3.63) is 11.6 Å². The average molecular weight is 757 g/mol. The Morgan fingerprint density at radius 3 is 2.19 bits per heavy atom. The molecule has 0 aliphatic carbocycles. The summed E-state index contributed by atoms with van der Waals surface area (Å²) in [4.78, 5) is 39.9. The Balaban J connectivity index is 2.18. The number of carbonyl (C=O) groups is 3. The lowest BCUT2D eigenvalue weighted by Gasteiger charge is -2.49. The minimum atomic E-state index is -1.16. The molecule has 2 saturated heterocycles. The van der Waals surface area contributed by atoms with E-state index in [1.165, 1.54) is 6.92 Å². The second kappa shape index (κ2) is 19.1. The first-order valence-corrected chi connectivity index (χ1v) is 19.2. The molecule has 306 valence electrons. The van der Waals surface area contributed by atoms with E-state index in [0.717, 1.165) is 5.57 Å². The highest BCUT2D eigenvalue weighted by Gasteiger charge is 2.53. The Labute approximate surface area is 316 Å². The maximum absolute atomic E-state index is 14.2. The number of nitrogens with one attached hydrogen (secondary N) is 2. The molecule has 0 unspecified atom stereocenters. The van der Waals surface area contributed by atoms with Crippen LogP contribution in [-0.2, 0) is 52.3 Å². The van der Waals surface area contributed by atoms with Gasteiger partial charge in [0.25, 0.3) is 0 Å². The maximum Gasteiger partial charge on any atom is 0.311 e. The highest BCUT2D eigenvalue weighted by molar-refractivity contribution is 5.79. The van der Waals surface area contributed by atoms with E-state index in [0.29, 0.717) is 12.8 Å². The van der Waals surface area contributed by atoms with Gasteiger partial charge in [0.05, 0.1) is 35.9 Å². The number of rotatable bonds is 9. The first-order chi connectivity index (χ1) is 24.7. The SMILES string of the molecule is CC[C@H]1OC(=O)[C@H](C)[C@@H](O[C@H]2C[C@@](C)(OC)[C@@H](OC(C)=O)[C@H](C)O2)[C@H](C)[C@@H](O[C@@H]2O[C@H](C)C[C@H](NC)[C@H]2O)[C@](C)(OC)C[C@@H](C)C(=O)N[C@H](C)/C=C/1C. The van der Waals surface area contributed by atoms with Gasteiger partial charge < -0.3 is 53.6 Å². The van der Waals surface area contributed by atoms with Crippen molar-refractivity contribution in [3.8, 4) is 0 Å². The Morgan fingerprint density at radius 1 is 1.00 bits per heavy atom. The van der Waals surface area contributed by atoms with Crippen molar-refractivity contribution in [2.75, 3.05) is 21.3 Å². The van der Waals surface area contributed by atoms with Crippen LogP contribution in [0.2, 0.25) is 0 Å². The predicted molar refractivity (Wildman–Crippen MR) is 197 cm³/mol. The second-order valence-electron chi connectivity index (χ2n) is 15.9. The molecule has 3 aliphatic heterocycles. The van der Waals surface area contributed by atoms with Gasteiger partial charge in [-0.05, 0) is 80.3 Å². The van der Waals surface area contributed by atoms with Crippen molar-refractivity contribution in [2.45, 2.75) is 180 Å². The van der Waals surface area contributed by atoms with Crippen LogP contribution in [0.3, 0.4) is 0 Å². The lowest BCUT2D eigenvalue weighted by Crippen LogP contribution is -2.61. The van der Waals surface area contributed by atoms with Crippen LogP contribution in [-0.4, -0.2) is 123 Å². The Morgan fingerprint density at radius 2 is 1.62 bits per heavy atom. The summed E-state index contributed by atoms with van der Waals surface area (Å²) in [5.41, 5.74) is -1.33. The third-order valence-electron chi connectivity index (χ3n) is 11.4. The fraction of sp³-hybridized carbons (Fsp3) is 0.872. The number of aliphatic hydroxyl groups is 1. The molecule has 14 heteroatoms. The molecular weight excluding hydrogens is 688 g/mol. The molecular formula is C39H68N2O12. The molecule has 1 amide bonds. The highest BCUT2D eigenvalue weighted by Crippen LogP contribution is 2.41. The molecule has 16 atom stereocenters. The highest BCUT2D eigenvalue weighted by atomic mass is 16.7. The van der Waals surface area contributed by atoms with E-state index in [1.54, 1.807) is 35.1 Å². The van der Waals surface area contributed by atoms with Gasteiger partial charge in [-0.3, -0.25) is 14.4 Å². The lowest BCUT2D eigenvalue weighted by molar-refractivity contribution is -0.317. The molecule has 0 aromatic rings. The first kappa shape index (κ1) is 45.2. The number of amides is 1. The van der Waals surface area contributed by atoms with Crippen molar-refractivity contribution in [3.63, 3.8) is 0 Å². The second-order valence-corrected chi connectivity index (χ2v) is 15.9. The van der Waals surface area contributed by atoms with E-state index in [9.17, 15) is 19.5 Å². The third kappa shape index (κ3) is 11.0. The smallest absolute Gasteiger partial charge is 0.311 e. The molecule has 0 saturated carbocycles. The normalized spacial score (nSPS) is 44.8. The summed E-state index contributed by atoms with van der Waals surface area (Å²) < 4.78 is 50.2. The van der Waals surface area contributed by atoms with E-state index in [4.69, 9.17) is 37.9 Å². The van der Waals surface area contributed by atoms with E-state index >= 15 is 0 Å². The van der Waals surface area contributed by atoms with Gasteiger partial charge in [-0.1, -0.05) is 26.8 Å². The first-order valence-electron chi connectivity index (χ1n) is 19.2. The van der Waals surface area contributed by atoms with Crippen LogP contribution in [0.4, 0.5) is 0 Å². The van der Waals surface area contributed by atoms with Crippen molar-refractivity contribution >= 4 is 17.8 Å². The summed E-state index contributed by atoms with van der Waals surface area (Å²) in [6.45, 7) is 19.9. The molecule has 0 bridgehead atoms. The number of hydrogen-bond donors (Lipinski definition) is 3. The van der Waals surface area contributed by atoms with Gasteiger partial charge in [0.2, 0.25) is 5.91 Å². The number of aliphatic hydroxyl groups excluding tert-OH is 1. The number of esters is 2. The number of cyclic esters (lactones) is 1. The van der Waals surface area contributed by atoms with E-state index < -0.39 is 90.1 Å². The Kier molecular flexibility index (Phi) is 16.3. The molecule has 0 spiro atoms. The quantitative estimate of drug-likeness (QED) is 0.230. The van der Waals surface area contributed by atoms with Crippen molar-refractivity contribution in [1.82, 2.24) is 10.6 Å². The van der Waals surface area contributed by atoms with Gasteiger partial charge in [0.15, 0.2) is 18.7 Å². The summed E-state index contributed by atoms with van der Waals surface area (Å²) in [7, 11) is 4.87. The van der Waals surface area contributed by atoms with Gasteiger partial charge in [-0.15, -0.1) is 0 Å². The van der Waals surface area contributed by atoms with Crippen LogP contribution in [0.25, 0.3) is 0 Å². The summed E-state index contributed by atoms with van der Waals surface area (Å²) in [5.74, 6) is -3.18. The molecule has 3 rings (SSSR count). The number of ether oxygens (including phenoxy) is 8. The lowest BCUT2D eigenvalue weighted by atomic mass is 9.77. The zero-order valence-corrected chi connectivity index (χ0v) is 34.4. The van der Waals surface area contributed by atoms with Crippen molar-refractivity contribution in [2.24, 2.45) is 17.8 Å². The van der Waals surface area contributed by atoms with Crippen LogP contribution in [0.15, 0.2) is 11.6 Å². The van der Waals surface area contributed by atoms with Crippen molar-refractivity contribution in [1.29, 1.82) is 0 Å². The van der Waals surface area contributed by atoms with Crippen LogP contribution in [0.5, 0.6) is 0 Å².